The van der Waals surface area contributed by atoms with Crippen LogP contribution in [0.5, 0.6) is 0 Å². The molecule has 3 aliphatic rings. The maximum absolute atomic E-state index is 13.5. The smallest absolute Gasteiger partial charge is 0.410 e. The lowest BCUT2D eigenvalue weighted by molar-refractivity contribution is -0.141. The standard InChI is InChI=1S/C31H33NO6/c1-35-29(36-2)26-13-7-8-14-28(26)31(34)15-20-17-37-18-21(16-31)32(20)30(33)38-19-27-24-11-5-3-9-22(24)23-10-4-6-12-25(23)27/h3-14,20-21,27,29,34H,15-19H2,1-2H3. The van der Waals surface area contributed by atoms with Gasteiger partial charge in [-0.25, -0.2) is 4.79 Å². The number of aliphatic hydroxyl groups is 1. The van der Waals surface area contributed by atoms with Crippen molar-refractivity contribution in [3.63, 3.8) is 0 Å². The van der Waals surface area contributed by atoms with Crippen LogP contribution in [0.25, 0.3) is 11.1 Å². The van der Waals surface area contributed by atoms with Crippen LogP contribution in [-0.4, -0.2) is 62.2 Å². The number of hydrogen-bond donors (Lipinski definition) is 1. The van der Waals surface area contributed by atoms with Crippen LogP contribution in [0.1, 0.15) is 47.3 Å². The molecule has 2 heterocycles. The zero-order chi connectivity index (χ0) is 26.3. The van der Waals surface area contributed by atoms with E-state index in [-0.39, 0.29) is 30.7 Å². The normalized spacial score (nSPS) is 24.3. The van der Waals surface area contributed by atoms with Gasteiger partial charge in [0.25, 0.3) is 0 Å². The fourth-order valence-corrected chi connectivity index (χ4v) is 6.64. The first-order valence-electron chi connectivity index (χ1n) is 13.1. The molecule has 7 nitrogen and oxygen atoms in total. The molecule has 2 atom stereocenters. The summed E-state index contributed by atoms with van der Waals surface area (Å²) in [6, 6.07) is 23.6. The summed E-state index contributed by atoms with van der Waals surface area (Å²) < 4.78 is 22.8. The number of carbonyl (C=O) groups excluding carboxylic acids is 1. The summed E-state index contributed by atoms with van der Waals surface area (Å²) >= 11 is 0. The van der Waals surface area contributed by atoms with Crippen LogP contribution in [0.2, 0.25) is 0 Å². The van der Waals surface area contributed by atoms with Gasteiger partial charge in [0, 0.05) is 38.5 Å². The SMILES string of the molecule is COC(OC)c1ccccc1C1(O)CC2COCC(C1)N2C(=O)OCC1c2ccccc2-c2ccccc21. The molecule has 1 amide bonds. The van der Waals surface area contributed by atoms with Crippen LogP contribution in [-0.2, 0) is 24.5 Å². The van der Waals surface area contributed by atoms with Gasteiger partial charge in [-0.3, -0.25) is 4.90 Å². The zero-order valence-corrected chi connectivity index (χ0v) is 21.7. The molecule has 2 bridgehead atoms. The van der Waals surface area contributed by atoms with Crippen LogP contribution in [0.4, 0.5) is 4.79 Å². The largest absolute Gasteiger partial charge is 0.448 e. The number of piperidine rings is 1. The van der Waals surface area contributed by atoms with Gasteiger partial charge in [0.15, 0.2) is 6.29 Å². The fraction of sp³-hybridized carbons (Fsp3) is 0.387. The van der Waals surface area contributed by atoms with E-state index in [9.17, 15) is 9.90 Å². The molecule has 2 fully saturated rings. The monoisotopic (exact) mass is 515 g/mol. The maximum Gasteiger partial charge on any atom is 0.410 e. The average molecular weight is 516 g/mol. The Kier molecular flexibility index (Phi) is 6.70. The van der Waals surface area contributed by atoms with Gasteiger partial charge in [0.05, 0.1) is 30.9 Å². The molecule has 3 aromatic carbocycles. The van der Waals surface area contributed by atoms with Gasteiger partial charge in [-0.05, 0) is 27.8 Å². The second-order valence-corrected chi connectivity index (χ2v) is 10.4. The van der Waals surface area contributed by atoms with E-state index in [1.54, 1.807) is 19.1 Å². The Morgan fingerprint density at radius 3 is 2.08 bits per heavy atom. The molecule has 2 unspecified atom stereocenters. The minimum atomic E-state index is -1.15. The minimum Gasteiger partial charge on any atom is -0.448 e. The molecule has 0 spiro atoms. The van der Waals surface area contributed by atoms with E-state index in [2.05, 4.69) is 24.3 Å². The molecular weight excluding hydrogens is 482 g/mol. The Labute approximate surface area is 222 Å². The number of morpholine rings is 1. The van der Waals surface area contributed by atoms with Gasteiger partial charge >= 0.3 is 6.09 Å². The van der Waals surface area contributed by atoms with E-state index in [0.29, 0.717) is 26.1 Å². The van der Waals surface area contributed by atoms with Crippen molar-refractivity contribution in [1.29, 1.82) is 0 Å². The predicted octanol–water partition coefficient (Wildman–Crippen LogP) is 4.98. The third kappa shape index (κ3) is 4.20. The van der Waals surface area contributed by atoms with Crippen LogP contribution in [0.3, 0.4) is 0 Å². The summed E-state index contributed by atoms with van der Waals surface area (Å²) in [4.78, 5) is 15.3. The highest BCUT2D eigenvalue weighted by molar-refractivity contribution is 5.79. The van der Waals surface area contributed by atoms with Gasteiger partial charge in [-0.1, -0.05) is 72.8 Å². The molecule has 0 aromatic heterocycles. The van der Waals surface area contributed by atoms with Crippen LogP contribution in [0.15, 0.2) is 72.8 Å². The summed E-state index contributed by atoms with van der Waals surface area (Å²) in [5.41, 5.74) is 5.15. The second kappa shape index (κ2) is 10.2. The first-order chi connectivity index (χ1) is 18.5. The Morgan fingerprint density at radius 1 is 0.921 bits per heavy atom. The Balaban J connectivity index is 1.21. The summed E-state index contributed by atoms with van der Waals surface area (Å²) in [6.07, 6.45) is -0.269. The van der Waals surface area contributed by atoms with Gasteiger partial charge in [0.2, 0.25) is 0 Å². The van der Waals surface area contributed by atoms with Gasteiger partial charge in [0.1, 0.15) is 6.61 Å². The van der Waals surface area contributed by atoms with Crippen LogP contribution in [0, 0.1) is 0 Å². The van der Waals surface area contributed by atoms with E-state index in [0.717, 1.165) is 11.1 Å². The minimum absolute atomic E-state index is 0.00365. The highest BCUT2D eigenvalue weighted by Crippen LogP contribution is 2.46. The Morgan fingerprint density at radius 2 is 1.47 bits per heavy atom. The molecular formula is C31H33NO6. The quantitative estimate of drug-likeness (QED) is 0.467. The third-order valence-corrected chi connectivity index (χ3v) is 8.24. The summed E-state index contributed by atoms with van der Waals surface area (Å²) in [5.74, 6) is -0.00365. The molecule has 0 radical (unpaired) electrons. The van der Waals surface area contributed by atoms with Crippen molar-refractivity contribution in [2.75, 3.05) is 34.0 Å². The van der Waals surface area contributed by atoms with Gasteiger partial charge in [-0.15, -0.1) is 0 Å². The van der Waals surface area contributed by atoms with Crippen molar-refractivity contribution in [2.45, 2.75) is 42.7 Å². The third-order valence-electron chi connectivity index (χ3n) is 8.24. The molecule has 1 N–H and O–H groups in total. The van der Waals surface area contributed by atoms with Crippen molar-refractivity contribution < 1.29 is 28.8 Å². The summed E-state index contributed by atoms with van der Waals surface area (Å²) in [6.45, 7) is 0.965. The first-order valence-corrected chi connectivity index (χ1v) is 13.1. The first kappa shape index (κ1) is 25.1. The Hall–Kier alpha value is -3.23. The lowest BCUT2D eigenvalue weighted by Gasteiger charge is -2.51. The van der Waals surface area contributed by atoms with Crippen molar-refractivity contribution in [1.82, 2.24) is 4.90 Å². The molecule has 2 saturated heterocycles. The number of carbonyl (C=O) groups is 1. The number of methoxy groups -OCH3 is 2. The average Bonchev–Trinajstić information content (AvgIpc) is 3.26. The van der Waals surface area contributed by atoms with Gasteiger partial charge < -0.3 is 24.1 Å². The van der Waals surface area contributed by atoms with Crippen molar-refractivity contribution in [3.05, 3.63) is 95.1 Å². The highest BCUT2D eigenvalue weighted by Gasteiger charge is 2.50. The number of hydrogen-bond acceptors (Lipinski definition) is 6. The van der Waals surface area contributed by atoms with E-state index < -0.39 is 11.9 Å². The molecule has 198 valence electrons. The lowest BCUT2D eigenvalue weighted by atomic mass is 9.75. The number of nitrogens with zero attached hydrogens (tertiary/aromatic N) is 1. The molecule has 1 aliphatic carbocycles. The topological polar surface area (TPSA) is 77.5 Å². The van der Waals surface area contributed by atoms with E-state index in [1.165, 1.54) is 22.3 Å². The second-order valence-electron chi connectivity index (χ2n) is 10.4. The highest BCUT2D eigenvalue weighted by atomic mass is 16.7. The molecule has 2 aliphatic heterocycles. The molecule has 6 rings (SSSR count). The van der Waals surface area contributed by atoms with Crippen LogP contribution < -0.4 is 0 Å². The molecule has 38 heavy (non-hydrogen) atoms. The lowest BCUT2D eigenvalue weighted by Crippen LogP contribution is -2.62. The summed E-state index contributed by atoms with van der Waals surface area (Å²) in [5, 5.41) is 11.9. The van der Waals surface area contributed by atoms with E-state index in [4.69, 9.17) is 18.9 Å². The van der Waals surface area contributed by atoms with Crippen molar-refractivity contribution >= 4 is 6.09 Å². The Bertz CT molecular complexity index is 1260. The fourth-order valence-electron chi connectivity index (χ4n) is 6.64. The zero-order valence-electron chi connectivity index (χ0n) is 21.7. The number of rotatable bonds is 6. The molecule has 7 heteroatoms. The number of fused-ring (bicyclic) bond motifs is 5. The predicted molar refractivity (Wildman–Crippen MR) is 142 cm³/mol. The van der Waals surface area contributed by atoms with Gasteiger partial charge in [-0.2, -0.15) is 0 Å². The van der Waals surface area contributed by atoms with Crippen molar-refractivity contribution in [3.8, 4) is 11.1 Å². The van der Waals surface area contributed by atoms with Crippen LogP contribution >= 0.6 is 0 Å². The number of amides is 1. The van der Waals surface area contributed by atoms with E-state index in [1.807, 2.05) is 48.5 Å². The van der Waals surface area contributed by atoms with E-state index >= 15 is 0 Å². The maximum atomic E-state index is 13.5. The molecule has 3 aromatic rings. The summed E-state index contributed by atoms with van der Waals surface area (Å²) in [7, 11) is 3.16. The molecule has 0 saturated carbocycles. The number of benzene rings is 3. The van der Waals surface area contributed by atoms with Crippen molar-refractivity contribution in [2.24, 2.45) is 0 Å². The number of ether oxygens (including phenoxy) is 4.